The number of hydrogen-bond donors (Lipinski definition) is 0. The minimum atomic E-state index is -0.262. The van der Waals surface area contributed by atoms with Gasteiger partial charge in [0.2, 0.25) is 0 Å². The van der Waals surface area contributed by atoms with Gasteiger partial charge < -0.3 is 9.47 Å². The van der Waals surface area contributed by atoms with Crippen molar-refractivity contribution in [2.45, 2.75) is 38.2 Å². The van der Waals surface area contributed by atoms with Crippen LogP contribution in [0.2, 0.25) is 0 Å². The van der Waals surface area contributed by atoms with E-state index in [-0.39, 0.29) is 29.7 Å². The summed E-state index contributed by atoms with van der Waals surface area (Å²) >= 11 is 3.50. The second-order valence-electron chi connectivity index (χ2n) is 6.84. The molecule has 2 aromatic rings. The number of esters is 1. The molecule has 3 atom stereocenters. The van der Waals surface area contributed by atoms with Crippen LogP contribution >= 0.6 is 15.9 Å². The van der Waals surface area contributed by atoms with Gasteiger partial charge in [-0.2, -0.15) is 0 Å². The lowest BCUT2D eigenvalue weighted by molar-refractivity contribution is -0.144. The van der Waals surface area contributed by atoms with E-state index in [1.165, 1.54) is 6.07 Å². The van der Waals surface area contributed by atoms with Crippen LogP contribution in [-0.2, 0) is 16.0 Å². The Labute approximate surface area is 160 Å². The number of carbonyl (C=O) groups is 1. The van der Waals surface area contributed by atoms with Crippen molar-refractivity contribution in [1.82, 2.24) is 0 Å². The summed E-state index contributed by atoms with van der Waals surface area (Å²) < 4.78 is 26.3. The van der Waals surface area contributed by atoms with E-state index in [9.17, 15) is 9.18 Å². The van der Waals surface area contributed by atoms with Gasteiger partial charge in [0.05, 0.1) is 12.5 Å². The van der Waals surface area contributed by atoms with Crippen LogP contribution in [0.4, 0.5) is 4.39 Å². The van der Waals surface area contributed by atoms with Crippen molar-refractivity contribution in [1.29, 1.82) is 0 Å². The zero-order valence-corrected chi connectivity index (χ0v) is 16.1. The summed E-state index contributed by atoms with van der Waals surface area (Å²) in [6.45, 7) is 2.24. The SMILES string of the molecule is CCOC(=O)C1CC1c1ccc(O[C@@H]2CCc3c(Br)ccc(F)c32)cc1. The fourth-order valence-corrected chi connectivity index (χ4v) is 4.32. The summed E-state index contributed by atoms with van der Waals surface area (Å²) in [7, 11) is 0. The number of ether oxygens (including phenoxy) is 2. The predicted molar refractivity (Wildman–Crippen MR) is 99.7 cm³/mol. The number of rotatable bonds is 5. The Balaban J connectivity index is 1.44. The van der Waals surface area contributed by atoms with Crippen LogP contribution in [0, 0.1) is 11.7 Å². The van der Waals surface area contributed by atoms with Crippen LogP contribution in [0.25, 0.3) is 0 Å². The topological polar surface area (TPSA) is 35.5 Å². The summed E-state index contributed by atoms with van der Waals surface area (Å²) in [6, 6.07) is 11.0. The fraction of sp³-hybridized carbons (Fsp3) is 0.381. The summed E-state index contributed by atoms with van der Waals surface area (Å²) in [5.41, 5.74) is 2.78. The Morgan fingerprint density at radius 2 is 2.00 bits per heavy atom. The van der Waals surface area contributed by atoms with Crippen LogP contribution in [0.15, 0.2) is 40.9 Å². The van der Waals surface area contributed by atoms with E-state index in [1.807, 2.05) is 31.2 Å². The first-order valence-electron chi connectivity index (χ1n) is 8.98. The van der Waals surface area contributed by atoms with Crippen molar-refractivity contribution < 1.29 is 18.7 Å². The molecule has 0 amide bonds. The van der Waals surface area contributed by atoms with Gasteiger partial charge in [0, 0.05) is 10.0 Å². The van der Waals surface area contributed by atoms with Gasteiger partial charge >= 0.3 is 5.97 Å². The highest BCUT2D eigenvalue weighted by Gasteiger charge is 2.45. The Morgan fingerprint density at radius 1 is 1.23 bits per heavy atom. The molecule has 0 aliphatic heterocycles. The van der Waals surface area contributed by atoms with Crippen molar-refractivity contribution in [3.05, 3.63) is 63.4 Å². The molecule has 5 heteroatoms. The van der Waals surface area contributed by atoms with Crippen LogP contribution in [-0.4, -0.2) is 12.6 Å². The van der Waals surface area contributed by atoms with Gasteiger partial charge in [-0.25, -0.2) is 4.39 Å². The van der Waals surface area contributed by atoms with Crippen molar-refractivity contribution in [2.24, 2.45) is 5.92 Å². The maximum absolute atomic E-state index is 14.2. The van der Waals surface area contributed by atoms with E-state index in [4.69, 9.17) is 9.47 Å². The summed E-state index contributed by atoms with van der Waals surface area (Å²) in [5.74, 6) is 0.622. The number of fused-ring (bicyclic) bond motifs is 1. The molecule has 4 rings (SSSR count). The molecular weight excluding hydrogens is 399 g/mol. The van der Waals surface area contributed by atoms with Gasteiger partial charge in [0.15, 0.2) is 0 Å². The molecule has 2 aliphatic carbocycles. The minimum absolute atomic E-state index is 0.0186. The molecule has 0 N–H and O–H groups in total. The smallest absolute Gasteiger partial charge is 0.309 e. The van der Waals surface area contributed by atoms with Crippen LogP contribution in [0.5, 0.6) is 5.75 Å². The van der Waals surface area contributed by atoms with Crippen molar-refractivity contribution >= 4 is 21.9 Å². The molecular formula is C21H20BrFO3. The summed E-state index contributed by atoms with van der Waals surface area (Å²) in [6.07, 6.45) is 2.15. The average Bonchev–Trinajstić information content (AvgIpc) is 3.33. The fourth-order valence-electron chi connectivity index (χ4n) is 3.78. The normalized spacial score (nSPS) is 23.4. The van der Waals surface area contributed by atoms with E-state index in [0.717, 1.165) is 40.6 Å². The lowest BCUT2D eigenvalue weighted by atomic mass is 10.1. The van der Waals surface area contributed by atoms with Gasteiger partial charge in [-0.3, -0.25) is 4.79 Å². The molecule has 2 aliphatic rings. The first-order valence-corrected chi connectivity index (χ1v) is 9.77. The van der Waals surface area contributed by atoms with E-state index in [0.29, 0.717) is 12.2 Å². The van der Waals surface area contributed by atoms with Gasteiger partial charge in [-0.05, 0) is 67.5 Å². The molecule has 2 aromatic carbocycles. The van der Waals surface area contributed by atoms with E-state index < -0.39 is 0 Å². The van der Waals surface area contributed by atoms with Crippen LogP contribution in [0.1, 0.15) is 48.5 Å². The second kappa shape index (κ2) is 7.03. The third-order valence-electron chi connectivity index (χ3n) is 5.19. The number of hydrogen-bond acceptors (Lipinski definition) is 3. The molecule has 1 fully saturated rings. The Morgan fingerprint density at radius 3 is 2.73 bits per heavy atom. The standard InChI is InChI=1S/C21H20BrFO3/c1-2-25-21(24)16-11-15(16)12-3-5-13(6-4-12)26-19-10-7-14-17(22)8-9-18(23)20(14)19/h3-6,8-9,15-16,19H,2,7,10-11H2,1H3/t15?,16?,19-/m1/s1. The van der Waals surface area contributed by atoms with Crippen molar-refractivity contribution in [2.75, 3.05) is 6.61 Å². The van der Waals surface area contributed by atoms with Gasteiger partial charge in [0.25, 0.3) is 0 Å². The Kier molecular flexibility index (Phi) is 4.74. The van der Waals surface area contributed by atoms with E-state index in [2.05, 4.69) is 15.9 Å². The molecule has 3 nitrogen and oxygen atoms in total. The van der Waals surface area contributed by atoms with E-state index in [1.54, 1.807) is 6.07 Å². The number of benzene rings is 2. The first-order chi connectivity index (χ1) is 12.6. The highest BCUT2D eigenvalue weighted by molar-refractivity contribution is 9.10. The molecule has 0 radical (unpaired) electrons. The largest absolute Gasteiger partial charge is 0.486 e. The summed E-state index contributed by atoms with van der Waals surface area (Å²) in [5, 5.41) is 0. The maximum Gasteiger partial charge on any atom is 0.309 e. The summed E-state index contributed by atoms with van der Waals surface area (Å²) in [4.78, 5) is 11.8. The van der Waals surface area contributed by atoms with E-state index >= 15 is 0 Å². The monoisotopic (exact) mass is 418 g/mol. The zero-order chi connectivity index (χ0) is 18.3. The second-order valence-corrected chi connectivity index (χ2v) is 7.69. The molecule has 0 aromatic heterocycles. The maximum atomic E-state index is 14.2. The molecule has 0 bridgehead atoms. The predicted octanol–water partition coefficient (Wildman–Crippen LogP) is 5.32. The Hall–Kier alpha value is -1.88. The highest BCUT2D eigenvalue weighted by atomic mass is 79.9. The highest BCUT2D eigenvalue weighted by Crippen LogP contribution is 2.48. The Bertz CT molecular complexity index is 834. The van der Waals surface area contributed by atoms with Crippen LogP contribution in [0.3, 0.4) is 0 Å². The van der Waals surface area contributed by atoms with Crippen LogP contribution < -0.4 is 4.74 Å². The number of carbonyl (C=O) groups excluding carboxylic acids is 1. The molecule has 0 saturated heterocycles. The molecule has 1 saturated carbocycles. The minimum Gasteiger partial charge on any atom is -0.486 e. The first kappa shape index (κ1) is 17.5. The van der Waals surface area contributed by atoms with Crippen molar-refractivity contribution in [3.8, 4) is 5.75 Å². The lowest BCUT2D eigenvalue weighted by Gasteiger charge is -2.16. The molecule has 2 unspecified atom stereocenters. The van der Waals surface area contributed by atoms with Gasteiger partial charge in [-0.1, -0.05) is 28.1 Å². The zero-order valence-electron chi connectivity index (χ0n) is 14.5. The van der Waals surface area contributed by atoms with Gasteiger partial charge in [0.1, 0.15) is 17.7 Å². The molecule has 0 heterocycles. The quantitative estimate of drug-likeness (QED) is 0.616. The molecule has 26 heavy (non-hydrogen) atoms. The van der Waals surface area contributed by atoms with Gasteiger partial charge in [-0.15, -0.1) is 0 Å². The third-order valence-corrected chi connectivity index (χ3v) is 5.93. The average molecular weight is 419 g/mol. The molecule has 0 spiro atoms. The molecule has 136 valence electrons. The van der Waals surface area contributed by atoms with Crippen molar-refractivity contribution in [3.63, 3.8) is 0 Å². The number of halogens is 2. The third kappa shape index (κ3) is 3.25. The lowest BCUT2D eigenvalue weighted by Crippen LogP contribution is -2.07.